The first-order valence-corrected chi connectivity index (χ1v) is 4.05. The normalized spacial score (nSPS) is 12.0. The van der Waals surface area contributed by atoms with Crippen LogP contribution in [0.5, 0.6) is 0 Å². The molecule has 3 aromatic rings. The minimum absolute atomic E-state index is 1.34. The molecule has 1 nitrogen and oxygen atoms in total. The van der Waals surface area contributed by atoms with E-state index in [1.165, 1.54) is 15.0 Å². The predicted molar refractivity (Wildman–Crippen MR) is 44.0 cm³/mol. The first kappa shape index (κ1) is 4.74. The zero-order chi connectivity index (χ0) is 6.55. The summed E-state index contributed by atoms with van der Waals surface area (Å²) in [6.45, 7) is 0. The number of nitrogens with zero attached hydrogens (tertiary/aromatic N) is 1. The molecular weight excluding hydrogens is 142 g/mol. The van der Waals surface area contributed by atoms with E-state index in [0.29, 0.717) is 0 Å². The van der Waals surface area contributed by atoms with Crippen molar-refractivity contribution in [2.45, 2.75) is 0 Å². The number of thiazole rings is 1. The van der Waals surface area contributed by atoms with Crippen molar-refractivity contribution in [1.29, 1.82) is 0 Å². The van der Waals surface area contributed by atoms with Gasteiger partial charge in [-0.15, -0.1) is 11.3 Å². The quantitative estimate of drug-likeness (QED) is 0.460. The van der Waals surface area contributed by atoms with Crippen LogP contribution >= 0.6 is 11.3 Å². The van der Waals surface area contributed by atoms with E-state index in [1.807, 2.05) is 11.3 Å². The summed E-state index contributed by atoms with van der Waals surface area (Å²) in [7, 11) is 0. The molecule has 0 amide bonds. The molecule has 0 N–H and O–H groups in total. The molecule has 0 fully saturated rings. The van der Waals surface area contributed by atoms with Gasteiger partial charge in [-0.3, -0.25) is 0 Å². The molecule has 3 heterocycles. The van der Waals surface area contributed by atoms with Crippen molar-refractivity contribution >= 4 is 26.4 Å². The SMILES string of the molecule is c1cc2c3ccc(s3)n2c1. The molecular formula is C8H5NS. The van der Waals surface area contributed by atoms with Crippen LogP contribution in [-0.2, 0) is 0 Å². The Balaban J connectivity index is 2.88. The van der Waals surface area contributed by atoms with E-state index in [-0.39, 0.29) is 0 Å². The number of pyridine rings is 1. The average Bonchev–Trinajstić information content (AvgIpc) is 2.60. The third-order valence-corrected chi connectivity index (χ3v) is 2.94. The van der Waals surface area contributed by atoms with Gasteiger partial charge in [0.1, 0.15) is 4.83 Å². The van der Waals surface area contributed by atoms with Gasteiger partial charge in [0.2, 0.25) is 0 Å². The van der Waals surface area contributed by atoms with Crippen LogP contribution in [0.3, 0.4) is 0 Å². The third kappa shape index (κ3) is 0.370. The topological polar surface area (TPSA) is 4.41 Å². The summed E-state index contributed by atoms with van der Waals surface area (Å²) in [5, 5.41) is 0. The Morgan fingerprint density at radius 2 is 2.20 bits per heavy atom. The van der Waals surface area contributed by atoms with Gasteiger partial charge in [0.15, 0.2) is 0 Å². The van der Waals surface area contributed by atoms with Gasteiger partial charge in [-0.2, -0.15) is 0 Å². The van der Waals surface area contributed by atoms with Gasteiger partial charge in [0.25, 0.3) is 0 Å². The molecule has 0 aromatic carbocycles. The lowest BCUT2D eigenvalue weighted by Crippen LogP contribution is -1.73. The van der Waals surface area contributed by atoms with Crippen molar-refractivity contribution < 1.29 is 0 Å². The molecule has 2 bridgehead atoms. The smallest absolute Gasteiger partial charge is 0.100 e. The number of fused-ring (bicyclic) bond motifs is 5. The molecule has 0 aliphatic carbocycles. The number of thiophene rings is 1. The Labute approximate surface area is 61.9 Å². The summed E-state index contributed by atoms with van der Waals surface area (Å²) in [6, 6.07) is 8.57. The summed E-state index contributed by atoms with van der Waals surface area (Å²) in [6.07, 6.45) is 2.11. The number of hydrogen-bond donors (Lipinski definition) is 0. The van der Waals surface area contributed by atoms with Gasteiger partial charge in [0.05, 0.1) is 10.2 Å². The van der Waals surface area contributed by atoms with E-state index in [2.05, 4.69) is 34.9 Å². The Hall–Kier alpha value is -1.02. The highest BCUT2D eigenvalue weighted by Crippen LogP contribution is 2.29. The van der Waals surface area contributed by atoms with Crippen molar-refractivity contribution in [3.63, 3.8) is 0 Å². The molecule has 0 aliphatic rings. The van der Waals surface area contributed by atoms with Crippen LogP contribution in [0.15, 0.2) is 30.5 Å². The first-order valence-electron chi connectivity index (χ1n) is 3.23. The third-order valence-electron chi connectivity index (χ3n) is 1.83. The fraction of sp³-hybridized carbons (Fsp3) is 0. The maximum Gasteiger partial charge on any atom is 0.100 e. The lowest BCUT2D eigenvalue weighted by molar-refractivity contribution is 1.30. The van der Waals surface area contributed by atoms with Crippen LogP contribution in [0, 0.1) is 0 Å². The summed E-state index contributed by atoms with van der Waals surface area (Å²) >= 11 is 1.85. The van der Waals surface area contributed by atoms with Crippen molar-refractivity contribution in [3.8, 4) is 0 Å². The standard InChI is InChI=1S/C8H5NS/c1-2-6-7-3-4-8(10-7)9(6)5-1/h1-5H. The second kappa shape index (κ2) is 1.35. The molecule has 0 saturated heterocycles. The molecule has 10 heavy (non-hydrogen) atoms. The van der Waals surface area contributed by atoms with E-state index in [9.17, 15) is 0 Å². The molecule has 0 atom stereocenters. The van der Waals surface area contributed by atoms with Gasteiger partial charge in [-0.1, -0.05) is 0 Å². The molecule has 0 unspecified atom stereocenters. The summed E-state index contributed by atoms with van der Waals surface area (Å²) in [5.41, 5.74) is 1.35. The molecule has 2 heteroatoms. The van der Waals surface area contributed by atoms with Gasteiger partial charge in [0, 0.05) is 6.20 Å². The average molecular weight is 147 g/mol. The van der Waals surface area contributed by atoms with Crippen LogP contribution in [0.4, 0.5) is 0 Å². The van der Waals surface area contributed by atoms with Crippen molar-refractivity contribution in [2.75, 3.05) is 0 Å². The lowest BCUT2D eigenvalue weighted by atomic mass is 10.4. The van der Waals surface area contributed by atoms with Crippen LogP contribution < -0.4 is 0 Å². The second-order valence-corrected chi connectivity index (χ2v) is 3.46. The minimum atomic E-state index is 1.34. The van der Waals surface area contributed by atoms with Crippen molar-refractivity contribution in [2.24, 2.45) is 0 Å². The molecule has 3 rings (SSSR count). The van der Waals surface area contributed by atoms with Gasteiger partial charge >= 0.3 is 0 Å². The number of rotatable bonds is 0. The van der Waals surface area contributed by atoms with Crippen molar-refractivity contribution in [3.05, 3.63) is 30.5 Å². The summed E-state index contributed by atoms with van der Waals surface area (Å²) in [5.74, 6) is 0. The highest BCUT2D eigenvalue weighted by atomic mass is 32.1. The maximum atomic E-state index is 2.22. The molecule has 48 valence electrons. The summed E-state index contributed by atoms with van der Waals surface area (Å²) < 4.78 is 3.61. The fourth-order valence-electron chi connectivity index (χ4n) is 1.37. The van der Waals surface area contributed by atoms with E-state index in [0.717, 1.165) is 0 Å². The largest absolute Gasteiger partial charge is 0.307 e. The van der Waals surface area contributed by atoms with Crippen LogP contribution in [0.2, 0.25) is 0 Å². The minimum Gasteiger partial charge on any atom is -0.307 e. The van der Waals surface area contributed by atoms with E-state index in [4.69, 9.17) is 0 Å². The second-order valence-electron chi connectivity index (χ2n) is 2.40. The number of hydrogen-bond acceptors (Lipinski definition) is 1. The van der Waals surface area contributed by atoms with Crippen LogP contribution in [0.25, 0.3) is 15.0 Å². The molecule has 0 radical (unpaired) electrons. The molecule has 0 spiro atoms. The lowest BCUT2D eigenvalue weighted by Gasteiger charge is -1.85. The van der Waals surface area contributed by atoms with Gasteiger partial charge < -0.3 is 4.40 Å². The number of aromatic nitrogens is 1. The van der Waals surface area contributed by atoms with Crippen LogP contribution in [0.1, 0.15) is 0 Å². The summed E-state index contributed by atoms with van der Waals surface area (Å²) in [4.78, 5) is 1.34. The molecule has 0 aliphatic heterocycles. The van der Waals surface area contributed by atoms with E-state index >= 15 is 0 Å². The van der Waals surface area contributed by atoms with Crippen LogP contribution in [-0.4, -0.2) is 4.40 Å². The zero-order valence-electron chi connectivity index (χ0n) is 5.24. The van der Waals surface area contributed by atoms with Crippen molar-refractivity contribution in [1.82, 2.24) is 4.40 Å². The predicted octanol–water partition coefficient (Wildman–Crippen LogP) is 2.59. The van der Waals surface area contributed by atoms with E-state index < -0.39 is 0 Å². The highest BCUT2D eigenvalue weighted by Gasteiger charge is 2.03. The maximum absolute atomic E-state index is 2.22. The Morgan fingerprint density at radius 1 is 1.20 bits per heavy atom. The highest BCUT2D eigenvalue weighted by molar-refractivity contribution is 7.24. The van der Waals surface area contributed by atoms with Gasteiger partial charge in [-0.05, 0) is 24.3 Å². The molecule has 0 saturated carbocycles. The zero-order valence-corrected chi connectivity index (χ0v) is 6.06. The van der Waals surface area contributed by atoms with Gasteiger partial charge in [-0.25, -0.2) is 0 Å². The Kier molecular flexibility index (Phi) is 0.640. The first-order chi connectivity index (χ1) is 4.95. The fourth-order valence-corrected chi connectivity index (χ4v) is 2.39. The monoisotopic (exact) mass is 147 g/mol. The Bertz CT molecular complexity index is 423. The Morgan fingerprint density at radius 3 is 3.10 bits per heavy atom. The van der Waals surface area contributed by atoms with E-state index in [1.54, 1.807) is 0 Å². The molecule has 3 aromatic heterocycles.